The summed E-state index contributed by atoms with van der Waals surface area (Å²) in [6, 6.07) is 7.29. The summed E-state index contributed by atoms with van der Waals surface area (Å²) < 4.78 is 11.3. The molecule has 1 N–H and O–H groups in total. The minimum atomic E-state index is -0.951. The third-order valence-corrected chi connectivity index (χ3v) is 4.20. The van der Waals surface area contributed by atoms with Gasteiger partial charge in [-0.05, 0) is 30.9 Å². The molecule has 5 heteroatoms. The van der Waals surface area contributed by atoms with Gasteiger partial charge in [0.25, 0.3) is 0 Å². The number of carbonyl (C=O) groups is 1. The normalized spacial score (nSPS) is 23.0. The van der Waals surface area contributed by atoms with Gasteiger partial charge in [0, 0.05) is 19.1 Å². The van der Waals surface area contributed by atoms with Gasteiger partial charge >= 0.3 is 5.97 Å². The molecular weight excluding hydrogens is 270 g/mol. The molecule has 1 aliphatic heterocycles. The van der Waals surface area contributed by atoms with Gasteiger partial charge in [0.2, 0.25) is 0 Å². The monoisotopic (exact) mass is 291 g/mol. The van der Waals surface area contributed by atoms with Gasteiger partial charge in [-0.25, -0.2) is 4.79 Å². The average molecular weight is 291 g/mol. The Hall–Kier alpha value is -1.59. The summed E-state index contributed by atoms with van der Waals surface area (Å²) in [5.41, 5.74) is 0.221. The smallest absolute Gasteiger partial charge is 0.339 e. The summed E-state index contributed by atoms with van der Waals surface area (Å²) >= 11 is 0. The Morgan fingerprint density at radius 2 is 2.19 bits per heavy atom. The van der Waals surface area contributed by atoms with E-state index >= 15 is 0 Å². The number of morpholine rings is 1. The molecule has 1 saturated carbocycles. The first-order valence-corrected chi connectivity index (χ1v) is 7.52. The molecule has 1 saturated heterocycles. The predicted molar refractivity (Wildman–Crippen MR) is 77.8 cm³/mol. The van der Waals surface area contributed by atoms with Crippen molar-refractivity contribution in [1.29, 1.82) is 0 Å². The van der Waals surface area contributed by atoms with E-state index in [2.05, 4.69) is 4.90 Å². The lowest BCUT2D eigenvalue weighted by molar-refractivity contribution is -0.0201. The summed E-state index contributed by atoms with van der Waals surface area (Å²) in [4.78, 5) is 13.6. The summed E-state index contributed by atoms with van der Waals surface area (Å²) in [5, 5.41) is 9.13. The Bertz CT molecular complexity index is 501. The van der Waals surface area contributed by atoms with Crippen LogP contribution in [-0.2, 0) is 4.74 Å². The van der Waals surface area contributed by atoms with E-state index in [1.807, 2.05) is 0 Å². The first-order valence-electron chi connectivity index (χ1n) is 7.52. The van der Waals surface area contributed by atoms with E-state index < -0.39 is 5.97 Å². The van der Waals surface area contributed by atoms with Crippen molar-refractivity contribution < 1.29 is 19.4 Å². The third-order valence-electron chi connectivity index (χ3n) is 4.20. The number of hydrogen-bond donors (Lipinski definition) is 1. The van der Waals surface area contributed by atoms with Crippen LogP contribution in [0.25, 0.3) is 0 Å². The zero-order chi connectivity index (χ0) is 14.7. The fourth-order valence-electron chi connectivity index (χ4n) is 2.89. The SMILES string of the molecule is O=C(O)c1ccccc1OCCN1CCOCC1C1CC1. The number of nitrogens with zero attached hydrogens (tertiary/aromatic N) is 1. The van der Waals surface area contributed by atoms with Crippen molar-refractivity contribution in [3.05, 3.63) is 29.8 Å². The Kier molecular flexibility index (Phi) is 4.41. The fraction of sp³-hybridized carbons (Fsp3) is 0.562. The van der Waals surface area contributed by atoms with Gasteiger partial charge in [0.15, 0.2) is 0 Å². The summed E-state index contributed by atoms with van der Waals surface area (Å²) in [6.07, 6.45) is 2.60. The largest absolute Gasteiger partial charge is 0.491 e. The van der Waals surface area contributed by atoms with Gasteiger partial charge in [-0.3, -0.25) is 4.90 Å². The maximum absolute atomic E-state index is 11.1. The van der Waals surface area contributed by atoms with Gasteiger partial charge in [-0.2, -0.15) is 0 Å². The third kappa shape index (κ3) is 3.54. The highest BCUT2D eigenvalue weighted by Gasteiger charge is 2.36. The number of carboxylic acid groups (broad SMARTS) is 1. The maximum Gasteiger partial charge on any atom is 0.339 e. The molecule has 0 amide bonds. The zero-order valence-electron chi connectivity index (χ0n) is 12.0. The predicted octanol–water partition coefficient (Wildman–Crippen LogP) is 1.87. The lowest BCUT2D eigenvalue weighted by atomic mass is 10.1. The van der Waals surface area contributed by atoms with Gasteiger partial charge < -0.3 is 14.6 Å². The summed E-state index contributed by atoms with van der Waals surface area (Å²) in [5.74, 6) is 0.269. The minimum absolute atomic E-state index is 0.221. The van der Waals surface area contributed by atoms with Crippen LogP contribution in [0.4, 0.5) is 0 Å². The lowest BCUT2D eigenvalue weighted by Gasteiger charge is -2.35. The number of ether oxygens (including phenoxy) is 2. The Balaban J connectivity index is 1.54. The standard InChI is InChI=1S/C16H21NO4/c18-16(19)13-3-1-2-4-15(13)21-10-8-17-7-9-20-11-14(17)12-5-6-12/h1-4,12,14H,5-11H2,(H,18,19). The van der Waals surface area contributed by atoms with Crippen LogP contribution < -0.4 is 4.74 Å². The molecule has 114 valence electrons. The van der Waals surface area contributed by atoms with Crippen molar-refractivity contribution in [2.45, 2.75) is 18.9 Å². The Morgan fingerprint density at radius 1 is 1.38 bits per heavy atom. The molecule has 0 spiro atoms. The minimum Gasteiger partial charge on any atom is -0.491 e. The molecule has 1 unspecified atom stereocenters. The highest BCUT2D eigenvalue weighted by Crippen LogP contribution is 2.36. The molecule has 21 heavy (non-hydrogen) atoms. The number of rotatable bonds is 6. The number of aromatic carboxylic acids is 1. The molecule has 5 nitrogen and oxygen atoms in total. The van der Waals surface area contributed by atoms with Crippen LogP contribution in [0.2, 0.25) is 0 Å². The average Bonchev–Trinajstić information content (AvgIpc) is 3.33. The highest BCUT2D eigenvalue weighted by atomic mass is 16.5. The molecule has 1 aromatic carbocycles. The molecule has 0 radical (unpaired) electrons. The first-order chi connectivity index (χ1) is 10.3. The van der Waals surface area contributed by atoms with E-state index in [1.165, 1.54) is 12.8 Å². The quantitative estimate of drug-likeness (QED) is 0.867. The van der Waals surface area contributed by atoms with Crippen molar-refractivity contribution in [3.63, 3.8) is 0 Å². The molecule has 3 rings (SSSR count). The van der Waals surface area contributed by atoms with Crippen LogP contribution >= 0.6 is 0 Å². The van der Waals surface area contributed by atoms with Gasteiger partial charge in [-0.1, -0.05) is 12.1 Å². The van der Waals surface area contributed by atoms with Gasteiger partial charge in [0.1, 0.15) is 17.9 Å². The summed E-state index contributed by atoms with van der Waals surface area (Å²) in [7, 11) is 0. The van der Waals surface area contributed by atoms with E-state index in [-0.39, 0.29) is 5.56 Å². The van der Waals surface area contributed by atoms with Crippen LogP contribution in [0.15, 0.2) is 24.3 Å². The van der Waals surface area contributed by atoms with Gasteiger partial charge in [0.05, 0.1) is 13.2 Å². The highest BCUT2D eigenvalue weighted by molar-refractivity contribution is 5.90. The van der Waals surface area contributed by atoms with Crippen LogP contribution in [0.5, 0.6) is 5.75 Å². The van der Waals surface area contributed by atoms with E-state index in [0.29, 0.717) is 18.4 Å². The fourth-order valence-corrected chi connectivity index (χ4v) is 2.89. The molecule has 1 aromatic rings. The Labute approximate surface area is 124 Å². The van der Waals surface area contributed by atoms with Crippen molar-refractivity contribution in [2.24, 2.45) is 5.92 Å². The first kappa shape index (κ1) is 14.4. The summed E-state index contributed by atoms with van der Waals surface area (Å²) in [6.45, 7) is 3.85. The van der Waals surface area contributed by atoms with E-state index in [9.17, 15) is 4.79 Å². The van der Waals surface area contributed by atoms with Crippen LogP contribution in [0.3, 0.4) is 0 Å². The lowest BCUT2D eigenvalue weighted by Crippen LogP contribution is -2.48. The molecule has 2 fully saturated rings. The van der Waals surface area contributed by atoms with E-state index in [0.717, 1.165) is 32.2 Å². The molecular formula is C16H21NO4. The number of benzene rings is 1. The Morgan fingerprint density at radius 3 is 2.95 bits per heavy atom. The number of carboxylic acids is 1. The van der Waals surface area contributed by atoms with Crippen molar-refractivity contribution >= 4 is 5.97 Å². The molecule has 0 bridgehead atoms. The second-order valence-electron chi connectivity index (χ2n) is 5.67. The molecule has 2 aliphatic rings. The van der Waals surface area contributed by atoms with Crippen molar-refractivity contribution in [3.8, 4) is 5.75 Å². The number of para-hydroxylation sites is 1. The van der Waals surface area contributed by atoms with Crippen molar-refractivity contribution in [2.75, 3.05) is 32.9 Å². The van der Waals surface area contributed by atoms with Crippen LogP contribution in [0, 0.1) is 5.92 Å². The molecule has 0 aromatic heterocycles. The maximum atomic E-state index is 11.1. The van der Waals surface area contributed by atoms with Gasteiger partial charge in [-0.15, -0.1) is 0 Å². The number of hydrogen-bond acceptors (Lipinski definition) is 4. The molecule has 1 heterocycles. The topological polar surface area (TPSA) is 59.0 Å². The second kappa shape index (κ2) is 6.45. The zero-order valence-corrected chi connectivity index (χ0v) is 12.0. The van der Waals surface area contributed by atoms with E-state index in [4.69, 9.17) is 14.6 Å². The molecule has 1 aliphatic carbocycles. The van der Waals surface area contributed by atoms with Crippen LogP contribution in [-0.4, -0.2) is 54.9 Å². The molecule has 1 atom stereocenters. The van der Waals surface area contributed by atoms with Crippen molar-refractivity contribution in [1.82, 2.24) is 4.90 Å². The van der Waals surface area contributed by atoms with E-state index in [1.54, 1.807) is 24.3 Å². The van der Waals surface area contributed by atoms with Crippen LogP contribution in [0.1, 0.15) is 23.2 Å². The second-order valence-corrected chi connectivity index (χ2v) is 5.67.